The molecular weight excluding hydrogens is 438 g/mol. The fraction of sp³-hybridized carbons (Fsp3) is 0.741. The van der Waals surface area contributed by atoms with E-state index in [4.69, 9.17) is 4.98 Å². The molecule has 0 bridgehead atoms. The Morgan fingerprint density at radius 3 is 2.23 bits per heavy atom. The van der Waals surface area contributed by atoms with Crippen LogP contribution in [0.25, 0.3) is 11.0 Å². The first-order chi connectivity index (χ1) is 17.2. The summed E-state index contributed by atoms with van der Waals surface area (Å²) in [6, 6.07) is 4.72. The fourth-order valence-corrected chi connectivity index (χ4v) is 6.03. The third-order valence-electron chi connectivity index (χ3n) is 8.21. The van der Waals surface area contributed by atoms with Crippen molar-refractivity contribution >= 4 is 22.8 Å². The van der Waals surface area contributed by atoms with E-state index < -0.39 is 0 Å². The van der Waals surface area contributed by atoms with Crippen LogP contribution < -0.4 is 10.6 Å². The molecule has 2 aromatic rings. The molecule has 1 saturated carbocycles. The van der Waals surface area contributed by atoms with Gasteiger partial charge in [-0.3, -0.25) is 4.79 Å². The molecule has 192 valence electrons. The van der Waals surface area contributed by atoms with Gasteiger partial charge in [0.1, 0.15) is 5.82 Å². The number of fused-ring (bicyclic) bond motifs is 1. The van der Waals surface area contributed by atoms with E-state index in [1.165, 1.54) is 77.4 Å². The first-order valence-electron chi connectivity index (χ1n) is 14.0. The number of hydrogen-bond acceptors (Lipinski definition) is 6. The zero-order chi connectivity index (χ0) is 24.0. The summed E-state index contributed by atoms with van der Waals surface area (Å²) in [6.45, 7) is 6.96. The Morgan fingerprint density at radius 2 is 1.51 bits per heavy atom. The Labute approximate surface area is 209 Å². The molecular formula is C27H43N7O. The van der Waals surface area contributed by atoms with Crippen LogP contribution in [0.5, 0.6) is 0 Å². The summed E-state index contributed by atoms with van der Waals surface area (Å²) in [5.74, 6) is 0.813. The molecule has 1 aliphatic carbocycles. The normalized spacial score (nSPS) is 21.7. The smallest absolute Gasteiger partial charge is 0.272 e. The molecule has 2 N–H and O–H groups in total. The highest BCUT2D eigenvalue weighted by molar-refractivity contribution is 6.04. The van der Waals surface area contributed by atoms with Gasteiger partial charge in [-0.25, -0.2) is 9.67 Å². The SMILES string of the molecule is Cn1nc(C(=O)NC2CCN(CCN3CCCC3)CC2)c2ccc(NC3CCCCCCC3)nc21. The van der Waals surface area contributed by atoms with Gasteiger partial charge in [0.25, 0.3) is 5.91 Å². The van der Waals surface area contributed by atoms with Gasteiger partial charge in [0.05, 0.1) is 5.39 Å². The lowest BCUT2D eigenvalue weighted by atomic mass is 9.97. The van der Waals surface area contributed by atoms with E-state index >= 15 is 0 Å². The number of aromatic nitrogens is 3. The van der Waals surface area contributed by atoms with Gasteiger partial charge in [-0.2, -0.15) is 5.10 Å². The lowest BCUT2D eigenvalue weighted by Crippen LogP contribution is -2.46. The number of pyridine rings is 1. The second kappa shape index (κ2) is 11.7. The molecule has 35 heavy (non-hydrogen) atoms. The molecule has 5 rings (SSSR count). The molecule has 4 heterocycles. The third kappa shape index (κ3) is 6.33. The zero-order valence-electron chi connectivity index (χ0n) is 21.5. The quantitative estimate of drug-likeness (QED) is 0.627. The van der Waals surface area contributed by atoms with Gasteiger partial charge in [-0.1, -0.05) is 32.1 Å². The largest absolute Gasteiger partial charge is 0.367 e. The molecule has 2 aromatic heterocycles. The van der Waals surface area contributed by atoms with Crippen molar-refractivity contribution < 1.29 is 4.79 Å². The number of piperidine rings is 1. The van der Waals surface area contributed by atoms with Crippen LogP contribution in [-0.2, 0) is 7.05 Å². The summed E-state index contributed by atoms with van der Waals surface area (Å²) in [6.07, 6.45) is 13.7. The predicted molar refractivity (Wildman–Crippen MR) is 141 cm³/mol. The molecule has 3 fully saturated rings. The van der Waals surface area contributed by atoms with Crippen molar-refractivity contribution in [1.82, 2.24) is 29.9 Å². The maximum atomic E-state index is 13.1. The van der Waals surface area contributed by atoms with Crippen LogP contribution in [0.15, 0.2) is 12.1 Å². The topological polar surface area (TPSA) is 78.3 Å². The van der Waals surface area contributed by atoms with Crippen LogP contribution in [0.2, 0.25) is 0 Å². The van der Waals surface area contributed by atoms with Gasteiger partial charge in [-0.15, -0.1) is 0 Å². The molecule has 0 aromatic carbocycles. The van der Waals surface area contributed by atoms with Crippen molar-refractivity contribution in [3.63, 3.8) is 0 Å². The number of nitrogens with one attached hydrogen (secondary N) is 2. The maximum Gasteiger partial charge on any atom is 0.272 e. The van der Waals surface area contributed by atoms with Crippen LogP contribution in [0.1, 0.15) is 81.1 Å². The van der Waals surface area contributed by atoms with E-state index in [-0.39, 0.29) is 11.9 Å². The minimum Gasteiger partial charge on any atom is -0.367 e. The van der Waals surface area contributed by atoms with Gasteiger partial charge in [0.2, 0.25) is 0 Å². The molecule has 3 aliphatic rings. The Balaban J connectivity index is 1.15. The summed E-state index contributed by atoms with van der Waals surface area (Å²) in [4.78, 5) is 23.1. The number of hydrogen-bond donors (Lipinski definition) is 2. The number of carbonyl (C=O) groups excluding carboxylic acids is 1. The number of rotatable bonds is 7. The van der Waals surface area contributed by atoms with Crippen LogP contribution in [0, 0.1) is 0 Å². The van der Waals surface area contributed by atoms with Crippen LogP contribution in [-0.4, -0.2) is 81.8 Å². The van der Waals surface area contributed by atoms with Crippen molar-refractivity contribution in [2.24, 2.45) is 7.05 Å². The van der Waals surface area contributed by atoms with Crippen molar-refractivity contribution in [3.05, 3.63) is 17.8 Å². The molecule has 0 atom stereocenters. The molecule has 2 aliphatic heterocycles. The van der Waals surface area contributed by atoms with Crippen molar-refractivity contribution in [3.8, 4) is 0 Å². The summed E-state index contributed by atoms with van der Waals surface area (Å²) in [7, 11) is 1.88. The number of nitrogens with zero attached hydrogens (tertiary/aromatic N) is 5. The van der Waals surface area contributed by atoms with Gasteiger partial charge < -0.3 is 20.4 Å². The Kier molecular flexibility index (Phi) is 8.19. The Morgan fingerprint density at radius 1 is 0.857 bits per heavy atom. The summed E-state index contributed by atoms with van der Waals surface area (Å²) >= 11 is 0. The van der Waals surface area contributed by atoms with Crippen LogP contribution >= 0.6 is 0 Å². The highest BCUT2D eigenvalue weighted by atomic mass is 16.2. The highest BCUT2D eigenvalue weighted by Gasteiger charge is 2.25. The van der Waals surface area contributed by atoms with E-state index in [2.05, 4.69) is 25.5 Å². The van der Waals surface area contributed by atoms with Crippen molar-refractivity contribution in [2.75, 3.05) is 44.6 Å². The van der Waals surface area contributed by atoms with E-state index in [1.807, 2.05) is 19.2 Å². The molecule has 8 heteroatoms. The van der Waals surface area contributed by atoms with Crippen LogP contribution in [0.4, 0.5) is 5.82 Å². The number of anilines is 1. The number of amides is 1. The number of likely N-dealkylation sites (tertiary alicyclic amines) is 2. The lowest BCUT2D eigenvalue weighted by Gasteiger charge is -2.33. The predicted octanol–water partition coefficient (Wildman–Crippen LogP) is 3.78. The fourth-order valence-electron chi connectivity index (χ4n) is 6.03. The Bertz CT molecular complexity index is 967. The first-order valence-corrected chi connectivity index (χ1v) is 14.0. The Hall–Kier alpha value is -2.19. The van der Waals surface area contributed by atoms with Crippen LogP contribution in [0.3, 0.4) is 0 Å². The second-order valence-electron chi connectivity index (χ2n) is 10.9. The van der Waals surface area contributed by atoms with Gasteiger partial charge in [-0.05, 0) is 63.7 Å². The van der Waals surface area contributed by atoms with E-state index in [1.54, 1.807) is 4.68 Å². The summed E-state index contributed by atoms with van der Waals surface area (Å²) in [5.41, 5.74) is 1.26. The van der Waals surface area contributed by atoms with Gasteiger partial charge in [0, 0.05) is 45.3 Å². The van der Waals surface area contributed by atoms with Gasteiger partial charge >= 0.3 is 0 Å². The minimum absolute atomic E-state index is 0.0753. The lowest BCUT2D eigenvalue weighted by molar-refractivity contribution is 0.0904. The minimum atomic E-state index is -0.0753. The molecule has 0 spiro atoms. The number of aryl methyl sites for hydroxylation is 1. The van der Waals surface area contributed by atoms with Crippen molar-refractivity contribution in [1.29, 1.82) is 0 Å². The van der Waals surface area contributed by atoms with Gasteiger partial charge in [0.15, 0.2) is 11.3 Å². The summed E-state index contributed by atoms with van der Waals surface area (Å²) < 4.78 is 1.74. The van der Waals surface area contributed by atoms with E-state index in [0.29, 0.717) is 11.7 Å². The van der Waals surface area contributed by atoms with Crippen molar-refractivity contribution in [2.45, 2.75) is 82.7 Å². The molecule has 0 radical (unpaired) electrons. The average molecular weight is 482 g/mol. The first kappa shape index (κ1) is 24.5. The molecule has 1 amide bonds. The molecule has 2 saturated heterocycles. The highest BCUT2D eigenvalue weighted by Crippen LogP contribution is 2.23. The number of carbonyl (C=O) groups is 1. The third-order valence-corrected chi connectivity index (χ3v) is 8.21. The second-order valence-corrected chi connectivity index (χ2v) is 10.9. The molecule has 0 unspecified atom stereocenters. The van der Waals surface area contributed by atoms with E-state index in [9.17, 15) is 4.79 Å². The zero-order valence-corrected chi connectivity index (χ0v) is 21.5. The maximum absolute atomic E-state index is 13.1. The van der Waals surface area contributed by atoms with E-state index in [0.717, 1.165) is 49.3 Å². The molecule has 8 nitrogen and oxygen atoms in total. The average Bonchev–Trinajstić information content (AvgIpc) is 3.48. The standard InChI is InChI=1S/C27H43N7O/c1-32-26-23(11-12-24(30-26)28-21-9-5-3-2-4-6-10-21)25(31-32)27(35)29-22-13-17-34(18-14-22)20-19-33-15-7-8-16-33/h11-12,21-22H,2-10,13-20H2,1H3,(H,28,30)(H,29,35). The monoisotopic (exact) mass is 481 g/mol. The summed E-state index contributed by atoms with van der Waals surface area (Å²) in [5, 5.41) is 12.3.